The summed E-state index contributed by atoms with van der Waals surface area (Å²) < 4.78 is 23.8. The minimum atomic E-state index is -4.35. The molecule has 0 aliphatic carbocycles. The molecule has 0 bridgehead atoms. The van der Waals surface area contributed by atoms with Crippen LogP contribution < -0.4 is 5.32 Å². The van der Waals surface area contributed by atoms with Crippen molar-refractivity contribution >= 4 is 13.7 Å². The Labute approximate surface area is 474 Å². The number of nitrogens with one attached hydrogen (secondary N) is 1. The van der Waals surface area contributed by atoms with E-state index in [0.717, 1.165) is 32.1 Å². The maximum atomic E-state index is 13.0. The SMILES string of the molecule is CCCCCCCCCC/C=C\CCCCCCCCCCCCCCCCCCCC(=O)NC(COP(=O)(O)OCC[N+](C)(C)C)C(O)/C=C/CCCCCCCCCCCCCCCCCCCCCCCCC. The Bertz CT molecular complexity index is 1290. The molecule has 8 nitrogen and oxygen atoms in total. The van der Waals surface area contributed by atoms with Gasteiger partial charge < -0.3 is 19.8 Å². The summed E-state index contributed by atoms with van der Waals surface area (Å²) >= 11 is 0. The van der Waals surface area contributed by atoms with Crippen LogP contribution in [0.3, 0.4) is 0 Å². The van der Waals surface area contributed by atoms with Crippen molar-refractivity contribution in [2.45, 2.75) is 360 Å². The van der Waals surface area contributed by atoms with Gasteiger partial charge in [0.25, 0.3) is 0 Å². The summed E-state index contributed by atoms with van der Waals surface area (Å²) in [5.74, 6) is -0.169. The van der Waals surface area contributed by atoms with Crippen molar-refractivity contribution in [1.29, 1.82) is 0 Å². The second-order valence-electron chi connectivity index (χ2n) is 24.6. The third-order valence-electron chi connectivity index (χ3n) is 15.7. The van der Waals surface area contributed by atoms with Crippen molar-refractivity contribution in [2.75, 3.05) is 40.9 Å². The zero-order chi connectivity index (χ0) is 55.6. The second-order valence-corrected chi connectivity index (χ2v) is 26.0. The van der Waals surface area contributed by atoms with Crippen LogP contribution in [0.2, 0.25) is 0 Å². The lowest BCUT2D eigenvalue weighted by atomic mass is 10.0. The Morgan fingerprint density at radius 3 is 1.01 bits per heavy atom. The molecule has 0 fully saturated rings. The van der Waals surface area contributed by atoms with Gasteiger partial charge in [0.05, 0.1) is 39.9 Å². The molecule has 0 heterocycles. The minimum absolute atomic E-state index is 0.0642. The molecule has 3 N–H and O–H groups in total. The molecule has 3 atom stereocenters. The summed E-state index contributed by atoms with van der Waals surface area (Å²) in [6.07, 6.45) is 76.0. The summed E-state index contributed by atoms with van der Waals surface area (Å²) in [7, 11) is 1.59. The Morgan fingerprint density at radius 2 is 0.711 bits per heavy atom. The lowest BCUT2D eigenvalue weighted by molar-refractivity contribution is -0.870. The summed E-state index contributed by atoms with van der Waals surface area (Å²) in [6.45, 7) is 4.88. The van der Waals surface area contributed by atoms with Crippen LogP contribution in [0.1, 0.15) is 348 Å². The number of carbonyl (C=O) groups excluding carboxylic acids is 1. The van der Waals surface area contributed by atoms with Crippen molar-refractivity contribution in [3.63, 3.8) is 0 Å². The molecule has 0 radical (unpaired) electrons. The van der Waals surface area contributed by atoms with E-state index in [0.29, 0.717) is 17.4 Å². The first kappa shape index (κ1) is 75.0. The van der Waals surface area contributed by atoms with E-state index in [1.54, 1.807) is 6.08 Å². The van der Waals surface area contributed by atoms with Gasteiger partial charge in [0, 0.05) is 6.42 Å². The van der Waals surface area contributed by atoms with Crippen LogP contribution in [0.4, 0.5) is 0 Å². The molecule has 1 amide bonds. The number of likely N-dealkylation sites (N-methyl/N-ethyl adjacent to an activating group) is 1. The first-order chi connectivity index (χ1) is 37.0. The number of allylic oxidation sites excluding steroid dienone is 3. The molecule has 0 aliphatic heterocycles. The number of carbonyl (C=O) groups is 1. The molecule has 0 aliphatic rings. The normalized spacial score (nSPS) is 13.8. The maximum absolute atomic E-state index is 13.0. The summed E-state index contributed by atoms with van der Waals surface area (Å²) in [5, 5.41) is 14.0. The quantitative estimate of drug-likeness (QED) is 0.0243. The Morgan fingerprint density at radius 1 is 0.434 bits per heavy atom. The van der Waals surface area contributed by atoms with Gasteiger partial charge in [0.2, 0.25) is 5.91 Å². The van der Waals surface area contributed by atoms with Crippen LogP contribution in [0.5, 0.6) is 0 Å². The fourth-order valence-corrected chi connectivity index (χ4v) is 11.1. The van der Waals surface area contributed by atoms with E-state index < -0.39 is 20.0 Å². The van der Waals surface area contributed by atoms with Crippen LogP contribution in [-0.4, -0.2) is 73.4 Å². The molecule has 9 heteroatoms. The van der Waals surface area contributed by atoms with Gasteiger partial charge in [0.1, 0.15) is 13.2 Å². The highest BCUT2D eigenvalue weighted by molar-refractivity contribution is 7.47. The van der Waals surface area contributed by atoms with Crippen LogP contribution in [0.15, 0.2) is 24.3 Å². The van der Waals surface area contributed by atoms with Gasteiger partial charge in [-0.25, -0.2) is 4.57 Å². The van der Waals surface area contributed by atoms with E-state index >= 15 is 0 Å². The molecular formula is C67H134N2O6P+. The third kappa shape index (κ3) is 60.6. The number of hydrogen-bond donors (Lipinski definition) is 3. The molecule has 0 saturated heterocycles. The van der Waals surface area contributed by atoms with Crippen LogP contribution in [-0.2, 0) is 18.4 Å². The maximum Gasteiger partial charge on any atom is 0.472 e. The smallest absolute Gasteiger partial charge is 0.387 e. The number of phosphoric acid groups is 1. The molecule has 0 saturated carbocycles. The van der Waals surface area contributed by atoms with Crippen molar-refractivity contribution in [1.82, 2.24) is 5.32 Å². The number of phosphoric ester groups is 1. The lowest BCUT2D eigenvalue weighted by Crippen LogP contribution is -2.45. The fourth-order valence-electron chi connectivity index (χ4n) is 10.4. The average molecular weight is 1090 g/mol. The Kier molecular flexibility index (Phi) is 57.8. The van der Waals surface area contributed by atoms with Crippen LogP contribution >= 0.6 is 7.82 Å². The Hall–Kier alpha value is -1.02. The molecule has 76 heavy (non-hydrogen) atoms. The monoisotopic (exact) mass is 1090 g/mol. The van der Waals surface area contributed by atoms with E-state index in [-0.39, 0.29) is 19.1 Å². The number of nitrogens with zero attached hydrogens (tertiary/aromatic N) is 1. The predicted octanol–water partition coefficient (Wildman–Crippen LogP) is 21.1. The van der Waals surface area contributed by atoms with Gasteiger partial charge in [-0.15, -0.1) is 0 Å². The molecule has 0 spiro atoms. The molecule has 452 valence electrons. The van der Waals surface area contributed by atoms with Crippen molar-refractivity contribution in [3.05, 3.63) is 24.3 Å². The predicted molar refractivity (Wildman–Crippen MR) is 332 cm³/mol. The first-order valence-corrected chi connectivity index (χ1v) is 35.2. The number of aliphatic hydroxyl groups is 1. The van der Waals surface area contributed by atoms with Gasteiger partial charge in [-0.1, -0.05) is 321 Å². The number of hydrogen-bond acceptors (Lipinski definition) is 5. The number of rotatable bonds is 63. The highest BCUT2D eigenvalue weighted by Crippen LogP contribution is 2.43. The van der Waals surface area contributed by atoms with E-state index in [4.69, 9.17) is 9.05 Å². The van der Waals surface area contributed by atoms with Gasteiger partial charge in [-0.2, -0.15) is 0 Å². The largest absolute Gasteiger partial charge is 0.472 e. The average Bonchev–Trinajstić information content (AvgIpc) is 3.38. The zero-order valence-corrected chi connectivity index (χ0v) is 52.7. The third-order valence-corrected chi connectivity index (χ3v) is 16.6. The van der Waals surface area contributed by atoms with Crippen LogP contribution in [0.25, 0.3) is 0 Å². The van der Waals surface area contributed by atoms with Crippen molar-refractivity contribution in [3.8, 4) is 0 Å². The Balaban J connectivity index is 4.07. The topological polar surface area (TPSA) is 105 Å². The second kappa shape index (κ2) is 58.6. The standard InChI is InChI=1S/C67H133N2O6P/c1-6-8-10-12-14-16-18-20-22-24-26-28-30-32-33-34-35-37-39-41-43-45-47-49-51-53-55-57-59-61-67(71)68-65(64-75-76(72,73)74-63-62-69(3,4)5)66(70)60-58-56-54-52-50-48-46-44-42-40-38-36-31-29-27-25-23-21-19-17-15-13-11-9-7-2/h24,26,58,60,65-66,70H,6-23,25,27-57,59,61-64H2,1-5H3,(H-,68,71,72,73)/p+1/b26-24-,60-58+. The number of unbranched alkanes of at least 4 members (excludes halogenated alkanes) is 48. The van der Waals surface area contributed by atoms with E-state index in [2.05, 4.69) is 31.3 Å². The molecular weight excluding hydrogens is 960 g/mol. The fraction of sp³-hybridized carbons (Fsp3) is 0.925. The van der Waals surface area contributed by atoms with E-state index in [9.17, 15) is 19.4 Å². The van der Waals surface area contributed by atoms with E-state index in [1.807, 2.05) is 27.2 Å². The highest BCUT2D eigenvalue weighted by Gasteiger charge is 2.28. The van der Waals surface area contributed by atoms with Crippen LogP contribution in [0, 0.1) is 0 Å². The summed E-state index contributed by atoms with van der Waals surface area (Å²) in [5.41, 5.74) is 0. The number of quaternary nitrogens is 1. The highest BCUT2D eigenvalue weighted by atomic mass is 31.2. The zero-order valence-electron chi connectivity index (χ0n) is 51.8. The number of amides is 1. The van der Waals surface area contributed by atoms with Gasteiger partial charge in [-0.05, 0) is 44.9 Å². The lowest BCUT2D eigenvalue weighted by Gasteiger charge is -2.25. The first-order valence-electron chi connectivity index (χ1n) is 33.7. The van der Waals surface area contributed by atoms with Gasteiger partial charge in [-0.3, -0.25) is 13.8 Å². The van der Waals surface area contributed by atoms with Gasteiger partial charge in [0.15, 0.2) is 0 Å². The minimum Gasteiger partial charge on any atom is -0.387 e. The molecule has 0 aromatic heterocycles. The number of aliphatic hydroxyl groups excluding tert-OH is 1. The van der Waals surface area contributed by atoms with Gasteiger partial charge >= 0.3 is 7.82 Å². The molecule has 0 aromatic carbocycles. The summed E-state index contributed by atoms with van der Waals surface area (Å²) in [6, 6.07) is -0.845. The molecule has 0 rings (SSSR count). The molecule has 0 aromatic rings. The van der Waals surface area contributed by atoms with E-state index in [1.165, 1.54) is 295 Å². The summed E-state index contributed by atoms with van der Waals surface area (Å²) in [4.78, 5) is 23.4. The van der Waals surface area contributed by atoms with Crippen molar-refractivity contribution in [2.24, 2.45) is 0 Å². The van der Waals surface area contributed by atoms with Crippen molar-refractivity contribution < 1.29 is 32.9 Å². The molecule has 3 unspecified atom stereocenters.